The molecule has 1 aromatic carbocycles. The zero-order chi connectivity index (χ0) is 21.1. The number of carbonyl (C=O) groups is 2. The fourth-order valence-corrected chi connectivity index (χ4v) is 4.22. The fraction of sp³-hybridized carbons (Fsp3) is 0.400. The van der Waals surface area contributed by atoms with Crippen molar-refractivity contribution < 1.29 is 32.6 Å². The molecule has 2 aliphatic rings. The lowest BCUT2D eigenvalue weighted by atomic mass is 9.62. The van der Waals surface area contributed by atoms with Crippen LogP contribution < -0.4 is 0 Å². The number of halogens is 4. The summed E-state index contributed by atoms with van der Waals surface area (Å²) in [4.78, 5) is 25.0. The molecule has 3 rings (SSSR count). The highest BCUT2D eigenvalue weighted by Crippen LogP contribution is 2.54. The third-order valence-electron chi connectivity index (χ3n) is 5.16. The van der Waals surface area contributed by atoms with Crippen molar-refractivity contribution in [2.45, 2.75) is 45.2 Å². The number of ketones is 1. The topological polar surface area (TPSA) is 63.6 Å². The summed E-state index contributed by atoms with van der Waals surface area (Å²) in [6, 6.07) is 5.86. The number of carboxylic acids is 1. The highest BCUT2D eigenvalue weighted by Gasteiger charge is 2.56. The number of allylic oxidation sites excluding steroid dienone is 3. The molecular weight excluding hydrogens is 397 g/mol. The maximum Gasteiger partial charge on any atom is 0.450 e. The molecule has 150 valence electrons. The molecule has 1 aliphatic heterocycles. The number of ether oxygens (including phenoxy) is 1. The number of carboxylic acid groups (broad SMARTS) is 1. The van der Waals surface area contributed by atoms with Crippen LogP contribution in [0.1, 0.15) is 39.2 Å². The average molecular weight is 415 g/mol. The molecule has 1 heterocycles. The molecule has 0 amide bonds. The predicted molar refractivity (Wildman–Crippen MR) is 95.7 cm³/mol. The van der Waals surface area contributed by atoms with Crippen molar-refractivity contribution in [2.75, 3.05) is 0 Å². The maximum atomic E-state index is 13.8. The minimum Gasteiger partial charge on any atom is -0.478 e. The van der Waals surface area contributed by atoms with Crippen LogP contribution in [0, 0.1) is 5.41 Å². The summed E-state index contributed by atoms with van der Waals surface area (Å²) in [5.74, 6) is -3.99. The van der Waals surface area contributed by atoms with Gasteiger partial charge in [0.2, 0.25) is 5.76 Å². The molecule has 1 unspecified atom stereocenters. The number of Topliss-reactive ketones (excluding diaryl/α,β-unsaturated/α-hetero) is 1. The third-order valence-corrected chi connectivity index (χ3v) is 5.40. The molecule has 4 nitrogen and oxygen atoms in total. The Labute approximate surface area is 164 Å². The highest BCUT2D eigenvalue weighted by molar-refractivity contribution is 6.30. The van der Waals surface area contributed by atoms with Crippen LogP contribution in [0.2, 0.25) is 5.02 Å². The summed E-state index contributed by atoms with van der Waals surface area (Å²) in [5, 5.41) is 9.93. The Morgan fingerprint density at radius 3 is 2.39 bits per heavy atom. The van der Waals surface area contributed by atoms with Gasteiger partial charge >= 0.3 is 12.1 Å². The van der Waals surface area contributed by atoms with Crippen molar-refractivity contribution >= 4 is 23.4 Å². The Balaban J connectivity index is 2.41. The van der Waals surface area contributed by atoms with Gasteiger partial charge in [0.05, 0.1) is 11.0 Å². The summed E-state index contributed by atoms with van der Waals surface area (Å²) >= 11 is 6.02. The van der Waals surface area contributed by atoms with Gasteiger partial charge in [-0.25, -0.2) is 4.79 Å². The van der Waals surface area contributed by atoms with E-state index in [0.717, 1.165) is 0 Å². The lowest BCUT2D eigenvalue weighted by Gasteiger charge is -2.44. The van der Waals surface area contributed by atoms with E-state index in [1.54, 1.807) is 13.8 Å². The minimum absolute atomic E-state index is 0.0560. The van der Waals surface area contributed by atoms with E-state index in [1.165, 1.54) is 31.2 Å². The Bertz CT molecular complexity index is 943. The van der Waals surface area contributed by atoms with Crippen molar-refractivity contribution in [1.82, 2.24) is 0 Å². The number of alkyl halides is 3. The van der Waals surface area contributed by atoms with Gasteiger partial charge in [0.25, 0.3) is 0 Å². The summed E-state index contributed by atoms with van der Waals surface area (Å²) < 4.78 is 46.4. The average Bonchev–Trinajstić information content (AvgIpc) is 2.51. The Morgan fingerprint density at radius 1 is 1.21 bits per heavy atom. The van der Waals surface area contributed by atoms with Crippen LogP contribution in [0.15, 0.2) is 46.9 Å². The number of hydrogen-bond donors (Lipinski definition) is 1. The van der Waals surface area contributed by atoms with Crippen LogP contribution in [0.25, 0.3) is 0 Å². The van der Waals surface area contributed by atoms with Crippen LogP contribution in [-0.4, -0.2) is 23.0 Å². The molecule has 0 spiro atoms. The number of benzene rings is 1. The van der Waals surface area contributed by atoms with Gasteiger partial charge in [-0.1, -0.05) is 37.6 Å². The number of aliphatic carboxylic acids is 1. The predicted octanol–water partition coefficient (Wildman–Crippen LogP) is 5.17. The Morgan fingerprint density at radius 2 is 1.86 bits per heavy atom. The quantitative estimate of drug-likeness (QED) is 0.725. The first-order valence-corrected chi connectivity index (χ1v) is 8.91. The SMILES string of the molecule is CC1(C)CC(=O)C2=C(C1)OC(C(F)(F)F)=C(C(=O)O)C2(C)c1cccc(Cl)c1. The molecule has 1 N–H and O–H groups in total. The largest absolute Gasteiger partial charge is 0.478 e. The van der Waals surface area contributed by atoms with Crippen molar-refractivity contribution in [3.05, 3.63) is 57.5 Å². The van der Waals surface area contributed by atoms with E-state index in [2.05, 4.69) is 0 Å². The van der Waals surface area contributed by atoms with E-state index in [0.29, 0.717) is 0 Å². The molecular formula is C20H18ClF3O4. The number of rotatable bonds is 2. The van der Waals surface area contributed by atoms with Crippen LogP contribution in [0.4, 0.5) is 13.2 Å². The van der Waals surface area contributed by atoms with Crippen molar-refractivity contribution in [1.29, 1.82) is 0 Å². The van der Waals surface area contributed by atoms with Gasteiger partial charge in [-0.15, -0.1) is 0 Å². The number of carbonyl (C=O) groups excluding carboxylic acids is 1. The van der Waals surface area contributed by atoms with Gasteiger partial charge in [-0.3, -0.25) is 4.79 Å². The molecule has 0 radical (unpaired) electrons. The molecule has 1 aromatic rings. The zero-order valence-electron chi connectivity index (χ0n) is 15.4. The van der Waals surface area contributed by atoms with Crippen LogP contribution in [-0.2, 0) is 19.7 Å². The zero-order valence-corrected chi connectivity index (χ0v) is 16.2. The van der Waals surface area contributed by atoms with E-state index >= 15 is 0 Å². The standard InChI is InChI=1S/C20H18ClF3O4/c1-18(2)8-12(25)14-13(9-18)28-16(20(22,23)24)15(17(26)27)19(14,3)10-5-4-6-11(21)7-10/h4-7H,8-9H2,1-3H3,(H,26,27). The van der Waals surface area contributed by atoms with Gasteiger partial charge in [-0.2, -0.15) is 13.2 Å². The van der Waals surface area contributed by atoms with E-state index in [-0.39, 0.29) is 34.8 Å². The van der Waals surface area contributed by atoms with Crippen molar-refractivity contribution in [2.24, 2.45) is 5.41 Å². The minimum atomic E-state index is -5.04. The van der Waals surface area contributed by atoms with E-state index in [1.807, 2.05) is 0 Å². The second-order valence-electron chi connectivity index (χ2n) is 7.98. The molecule has 0 aromatic heterocycles. The summed E-state index contributed by atoms with van der Waals surface area (Å²) in [6.45, 7) is 4.80. The lowest BCUT2D eigenvalue weighted by Crippen LogP contribution is -2.45. The van der Waals surface area contributed by atoms with Gasteiger partial charge in [-0.05, 0) is 30.0 Å². The highest BCUT2D eigenvalue weighted by atomic mass is 35.5. The first-order chi connectivity index (χ1) is 12.8. The van der Waals surface area contributed by atoms with Crippen LogP contribution >= 0.6 is 11.6 Å². The van der Waals surface area contributed by atoms with Gasteiger partial charge in [0.1, 0.15) is 5.76 Å². The Kier molecular flexibility index (Phi) is 4.65. The molecule has 1 atom stereocenters. The molecule has 0 fully saturated rings. The molecule has 0 saturated carbocycles. The fourth-order valence-electron chi connectivity index (χ4n) is 4.03. The first-order valence-electron chi connectivity index (χ1n) is 8.53. The van der Waals surface area contributed by atoms with Gasteiger partial charge in [0, 0.05) is 23.4 Å². The van der Waals surface area contributed by atoms with E-state index in [4.69, 9.17) is 16.3 Å². The third kappa shape index (κ3) is 3.21. The maximum absolute atomic E-state index is 13.8. The monoisotopic (exact) mass is 414 g/mol. The smallest absolute Gasteiger partial charge is 0.450 e. The second kappa shape index (κ2) is 6.37. The van der Waals surface area contributed by atoms with Crippen molar-refractivity contribution in [3.8, 4) is 0 Å². The summed E-state index contributed by atoms with van der Waals surface area (Å²) in [5.41, 5.74) is -3.36. The summed E-state index contributed by atoms with van der Waals surface area (Å²) in [7, 11) is 0. The van der Waals surface area contributed by atoms with Crippen LogP contribution in [0.3, 0.4) is 0 Å². The normalized spacial score (nSPS) is 24.8. The molecule has 0 saturated heterocycles. The van der Waals surface area contributed by atoms with E-state index < -0.39 is 40.1 Å². The van der Waals surface area contributed by atoms with Gasteiger partial charge in [0.15, 0.2) is 5.78 Å². The molecule has 8 heteroatoms. The molecule has 1 aliphatic carbocycles. The van der Waals surface area contributed by atoms with E-state index in [9.17, 15) is 27.9 Å². The number of hydrogen-bond acceptors (Lipinski definition) is 3. The Hall–Kier alpha value is -2.28. The van der Waals surface area contributed by atoms with Crippen LogP contribution in [0.5, 0.6) is 0 Å². The molecule has 28 heavy (non-hydrogen) atoms. The lowest BCUT2D eigenvalue weighted by molar-refractivity contribution is -0.143. The second-order valence-corrected chi connectivity index (χ2v) is 8.42. The first kappa shape index (κ1) is 20.5. The van der Waals surface area contributed by atoms with Crippen molar-refractivity contribution in [3.63, 3.8) is 0 Å². The summed E-state index contributed by atoms with van der Waals surface area (Å²) in [6.07, 6.45) is -4.90. The molecule has 0 bridgehead atoms. The van der Waals surface area contributed by atoms with Gasteiger partial charge < -0.3 is 9.84 Å².